The first kappa shape index (κ1) is 12.4. The number of benzene rings is 1. The van der Waals surface area contributed by atoms with Crippen molar-refractivity contribution in [2.45, 2.75) is 13.5 Å². The first-order chi connectivity index (χ1) is 8.16. The third kappa shape index (κ3) is 3.20. The van der Waals surface area contributed by atoms with E-state index in [4.69, 9.17) is 11.6 Å². The van der Waals surface area contributed by atoms with Crippen LogP contribution in [0.5, 0.6) is 0 Å². The van der Waals surface area contributed by atoms with Crippen molar-refractivity contribution in [3.05, 3.63) is 57.3 Å². The van der Waals surface area contributed by atoms with Crippen LogP contribution in [0.4, 0.5) is 5.69 Å². The maximum absolute atomic E-state index is 5.90. The highest BCUT2D eigenvalue weighted by molar-refractivity contribution is 9.10. The largest absolute Gasteiger partial charge is 0.379 e. The molecule has 1 aromatic heterocycles. The molecule has 0 aliphatic heterocycles. The van der Waals surface area contributed by atoms with E-state index in [1.165, 1.54) is 0 Å². The van der Waals surface area contributed by atoms with E-state index in [9.17, 15) is 0 Å². The van der Waals surface area contributed by atoms with E-state index >= 15 is 0 Å². The molecule has 0 saturated carbocycles. The SMILES string of the molecule is Cc1ncccc1NCc1ccc(Cl)cc1Br. The lowest BCUT2D eigenvalue weighted by molar-refractivity contribution is 1.10. The predicted molar refractivity (Wildman–Crippen MR) is 75.5 cm³/mol. The van der Waals surface area contributed by atoms with Crippen molar-refractivity contribution in [3.63, 3.8) is 0 Å². The molecule has 1 N–H and O–H groups in total. The number of hydrogen-bond donors (Lipinski definition) is 1. The zero-order valence-electron chi connectivity index (χ0n) is 9.37. The van der Waals surface area contributed by atoms with Gasteiger partial charge in [-0.1, -0.05) is 33.6 Å². The molecule has 0 aliphatic carbocycles. The Morgan fingerprint density at radius 1 is 1.35 bits per heavy atom. The normalized spacial score (nSPS) is 10.3. The van der Waals surface area contributed by atoms with Crippen LogP contribution in [-0.2, 0) is 6.54 Å². The number of nitrogens with zero attached hydrogens (tertiary/aromatic N) is 1. The Balaban J connectivity index is 2.10. The molecule has 0 unspecified atom stereocenters. The topological polar surface area (TPSA) is 24.9 Å². The Bertz CT molecular complexity index is 529. The number of anilines is 1. The minimum atomic E-state index is 0.734. The zero-order chi connectivity index (χ0) is 12.3. The fourth-order valence-electron chi connectivity index (χ4n) is 1.53. The van der Waals surface area contributed by atoms with Gasteiger partial charge in [0.05, 0.1) is 11.4 Å². The van der Waals surface area contributed by atoms with Gasteiger partial charge in [-0.05, 0) is 36.8 Å². The van der Waals surface area contributed by atoms with Crippen LogP contribution in [0.15, 0.2) is 41.0 Å². The van der Waals surface area contributed by atoms with Crippen LogP contribution in [0.25, 0.3) is 0 Å². The minimum absolute atomic E-state index is 0.734. The van der Waals surface area contributed by atoms with E-state index in [0.717, 1.165) is 33.0 Å². The van der Waals surface area contributed by atoms with Crippen molar-refractivity contribution in [2.24, 2.45) is 0 Å². The molecule has 2 rings (SSSR count). The van der Waals surface area contributed by atoms with Crippen molar-refractivity contribution < 1.29 is 0 Å². The zero-order valence-corrected chi connectivity index (χ0v) is 11.7. The van der Waals surface area contributed by atoms with Crippen LogP contribution in [-0.4, -0.2) is 4.98 Å². The van der Waals surface area contributed by atoms with Gasteiger partial charge < -0.3 is 5.32 Å². The molecule has 0 aliphatic rings. The quantitative estimate of drug-likeness (QED) is 0.907. The summed E-state index contributed by atoms with van der Waals surface area (Å²) in [5.41, 5.74) is 3.21. The monoisotopic (exact) mass is 310 g/mol. The van der Waals surface area contributed by atoms with Crippen LogP contribution in [0.1, 0.15) is 11.3 Å². The third-order valence-corrected chi connectivity index (χ3v) is 3.46. The van der Waals surface area contributed by atoms with Gasteiger partial charge in [0, 0.05) is 22.2 Å². The number of halogens is 2. The Morgan fingerprint density at radius 3 is 2.88 bits per heavy atom. The van der Waals surface area contributed by atoms with Gasteiger partial charge in [-0.15, -0.1) is 0 Å². The van der Waals surface area contributed by atoms with E-state index in [1.54, 1.807) is 6.20 Å². The smallest absolute Gasteiger partial charge is 0.0603 e. The van der Waals surface area contributed by atoms with Crippen molar-refractivity contribution in [1.82, 2.24) is 4.98 Å². The molecule has 2 aromatic rings. The highest BCUT2D eigenvalue weighted by atomic mass is 79.9. The average Bonchev–Trinajstić information content (AvgIpc) is 2.30. The van der Waals surface area contributed by atoms with Gasteiger partial charge in [0.1, 0.15) is 0 Å². The Kier molecular flexibility index (Phi) is 4.02. The highest BCUT2D eigenvalue weighted by Gasteiger charge is 2.02. The average molecular weight is 312 g/mol. The first-order valence-electron chi connectivity index (χ1n) is 5.26. The van der Waals surface area contributed by atoms with E-state index in [0.29, 0.717) is 0 Å². The summed E-state index contributed by atoms with van der Waals surface area (Å²) >= 11 is 9.40. The van der Waals surface area contributed by atoms with Gasteiger partial charge in [0.25, 0.3) is 0 Å². The second-order valence-electron chi connectivity index (χ2n) is 3.73. The van der Waals surface area contributed by atoms with E-state index in [1.807, 2.05) is 37.3 Å². The molecule has 0 saturated heterocycles. The van der Waals surface area contributed by atoms with E-state index < -0.39 is 0 Å². The van der Waals surface area contributed by atoms with Crippen molar-refractivity contribution >= 4 is 33.2 Å². The summed E-state index contributed by atoms with van der Waals surface area (Å²) in [4.78, 5) is 4.23. The van der Waals surface area contributed by atoms with Crippen LogP contribution in [0.3, 0.4) is 0 Å². The Labute approximate surface area is 114 Å². The highest BCUT2D eigenvalue weighted by Crippen LogP contribution is 2.22. The number of rotatable bonds is 3. The van der Waals surface area contributed by atoms with Crippen molar-refractivity contribution in [2.75, 3.05) is 5.32 Å². The molecule has 0 amide bonds. The number of aryl methyl sites for hydroxylation is 1. The lowest BCUT2D eigenvalue weighted by atomic mass is 10.2. The number of aromatic nitrogens is 1. The summed E-state index contributed by atoms with van der Waals surface area (Å²) in [5, 5.41) is 4.09. The predicted octanol–water partition coefficient (Wildman–Crippen LogP) is 4.42. The van der Waals surface area contributed by atoms with Gasteiger partial charge in [-0.25, -0.2) is 0 Å². The van der Waals surface area contributed by atoms with Crippen molar-refractivity contribution in [3.8, 4) is 0 Å². The van der Waals surface area contributed by atoms with E-state index in [-0.39, 0.29) is 0 Å². The summed E-state index contributed by atoms with van der Waals surface area (Å²) in [6.07, 6.45) is 1.79. The first-order valence-corrected chi connectivity index (χ1v) is 6.43. The van der Waals surface area contributed by atoms with Gasteiger partial charge in [-0.3, -0.25) is 4.98 Å². The molecule has 0 atom stereocenters. The second kappa shape index (κ2) is 5.52. The molecule has 0 spiro atoms. The summed E-state index contributed by atoms with van der Waals surface area (Å²) < 4.78 is 1.01. The minimum Gasteiger partial charge on any atom is -0.379 e. The summed E-state index contributed by atoms with van der Waals surface area (Å²) in [5.74, 6) is 0. The fraction of sp³-hybridized carbons (Fsp3) is 0.154. The molecule has 1 heterocycles. The molecule has 88 valence electrons. The molecule has 0 radical (unpaired) electrons. The maximum atomic E-state index is 5.90. The van der Waals surface area contributed by atoms with Crippen LogP contribution in [0, 0.1) is 6.92 Å². The van der Waals surface area contributed by atoms with E-state index in [2.05, 4.69) is 26.2 Å². The summed E-state index contributed by atoms with van der Waals surface area (Å²) in [7, 11) is 0. The second-order valence-corrected chi connectivity index (χ2v) is 5.02. The van der Waals surface area contributed by atoms with Crippen LogP contribution in [0.2, 0.25) is 5.02 Å². The number of hydrogen-bond acceptors (Lipinski definition) is 2. The standard InChI is InChI=1S/C13H12BrClN2/c1-9-13(3-2-6-16-9)17-8-10-4-5-11(15)7-12(10)14/h2-7,17H,8H2,1H3. The van der Waals surface area contributed by atoms with Crippen molar-refractivity contribution in [1.29, 1.82) is 0 Å². The lowest BCUT2D eigenvalue weighted by Gasteiger charge is -2.10. The fourth-order valence-corrected chi connectivity index (χ4v) is 2.35. The van der Waals surface area contributed by atoms with Gasteiger partial charge in [0.15, 0.2) is 0 Å². The number of nitrogens with one attached hydrogen (secondary N) is 1. The summed E-state index contributed by atoms with van der Waals surface area (Å²) in [6, 6.07) is 9.73. The lowest BCUT2D eigenvalue weighted by Crippen LogP contribution is -2.02. The molecule has 1 aromatic carbocycles. The van der Waals surface area contributed by atoms with Gasteiger partial charge >= 0.3 is 0 Å². The van der Waals surface area contributed by atoms with Crippen LogP contribution >= 0.6 is 27.5 Å². The Morgan fingerprint density at radius 2 is 2.18 bits per heavy atom. The maximum Gasteiger partial charge on any atom is 0.0603 e. The molecular formula is C13H12BrClN2. The van der Waals surface area contributed by atoms with Crippen LogP contribution < -0.4 is 5.32 Å². The molecule has 0 bridgehead atoms. The molecule has 17 heavy (non-hydrogen) atoms. The molecule has 2 nitrogen and oxygen atoms in total. The molecular weight excluding hydrogens is 300 g/mol. The molecule has 4 heteroatoms. The third-order valence-electron chi connectivity index (χ3n) is 2.49. The van der Waals surface area contributed by atoms with Gasteiger partial charge in [0.2, 0.25) is 0 Å². The Hall–Kier alpha value is -1.06. The summed E-state index contributed by atoms with van der Waals surface area (Å²) in [6.45, 7) is 2.73. The van der Waals surface area contributed by atoms with Gasteiger partial charge in [-0.2, -0.15) is 0 Å². The molecule has 0 fully saturated rings. The number of pyridine rings is 1.